The maximum atomic E-state index is 12.9. The van der Waals surface area contributed by atoms with Gasteiger partial charge in [0.1, 0.15) is 11.5 Å². The number of fused-ring (bicyclic) bond motifs is 1. The second-order valence-corrected chi connectivity index (χ2v) is 5.87. The van der Waals surface area contributed by atoms with Crippen molar-refractivity contribution in [3.63, 3.8) is 0 Å². The first-order chi connectivity index (χ1) is 13.0. The predicted octanol–water partition coefficient (Wildman–Crippen LogP) is 3.61. The maximum Gasteiger partial charge on any atom is 0.435 e. The Labute approximate surface area is 154 Å². The van der Waals surface area contributed by atoms with Crippen molar-refractivity contribution in [1.82, 2.24) is 24.9 Å². The van der Waals surface area contributed by atoms with Crippen LogP contribution in [-0.2, 0) is 6.18 Å². The molecule has 6 nitrogen and oxygen atoms in total. The van der Waals surface area contributed by atoms with Gasteiger partial charge in [0.05, 0.1) is 11.9 Å². The number of alkyl halides is 3. The molecule has 4 heterocycles. The van der Waals surface area contributed by atoms with Crippen molar-refractivity contribution >= 4 is 11.5 Å². The van der Waals surface area contributed by atoms with Gasteiger partial charge in [0.2, 0.25) is 0 Å². The van der Waals surface area contributed by atoms with Crippen LogP contribution in [0.5, 0.6) is 0 Å². The van der Waals surface area contributed by atoms with E-state index in [0.717, 1.165) is 25.6 Å². The first-order valence-electron chi connectivity index (χ1n) is 8.87. The Hall–Kier alpha value is -2.68. The van der Waals surface area contributed by atoms with Crippen molar-refractivity contribution in [2.24, 2.45) is 0 Å². The van der Waals surface area contributed by atoms with E-state index in [4.69, 9.17) is 0 Å². The fourth-order valence-electron chi connectivity index (χ4n) is 2.84. The number of hydrogen-bond donors (Lipinski definition) is 2. The zero-order valence-corrected chi connectivity index (χ0v) is 15.1. The highest BCUT2D eigenvalue weighted by molar-refractivity contribution is 5.61. The van der Waals surface area contributed by atoms with E-state index in [2.05, 4.69) is 25.7 Å². The van der Waals surface area contributed by atoms with Crippen LogP contribution >= 0.6 is 0 Å². The average Bonchev–Trinajstić information content (AvgIpc) is 3.32. The molecule has 0 bridgehead atoms. The molecule has 1 atom stereocenters. The van der Waals surface area contributed by atoms with Gasteiger partial charge >= 0.3 is 6.18 Å². The van der Waals surface area contributed by atoms with Gasteiger partial charge < -0.3 is 10.6 Å². The normalized spacial score (nSPS) is 16.9. The molecule has 1 saturated heterocycles. The number of pyridine rings is 1. The highest BCUT2D eigenvalue weighted by Crippen LogP contribution is 2.28. The van der Waals surface area contributed by atoms with E-state index in [0.29, 0.717) is 28.9 Å². The molecule has 0 aliphatic carbocycles. The van der Waals surface area contributed by atoms with Crippen molar-refractivity contribution in [2.45, 2.75) is 32.5 Å². The summed E-state index contributed by atoms with van der Waals surface area (Å²) in [4.78, 5) is 8.61. The fraction of sp³-hybridized carbons (Fsp3) is 0.389. The summed E-state index contributed by atoms with van der Waals surface area (Å²) in [7, 11) is 0. The van der Waals surface area contributed by atoms with E-state index in [-0.39, 0.29) is 0 Å². The number of hydrogen-bond acceptors (Lipinski definition) is 5. The number of halogens is 3. The van der Waals surface area contributed by atoms with Gasteiger partial charge in [-0.05, 0) is 37.2 Å². The van der Waals surface area contributed by atoms with Gasteiger partial charge in [-0.25, -0.2) is 14.5 Å². The molecule has 2 N–H and O–H groups in total. The number of imidazole rings is 1. The van der Waals surface area contributed by atoms with Gasteiger partial charge in [-0.2, -0.15) is 18.3 Å². The van der Waals surface area contributed by atoms with E-state index in [1.165, 1.54) is 16.8 Å². The highest BCUT2D eigenvalue weighted by Gasteiger charge is 2.33. The summed E-state index contributed by atoms with van der Waals surface area (Å²) in [5.41, 5.74) is 0.290. The van der Waals surface area contributed by atoms with Gasteiger partial charge in [0.15, 0.2) is 11.3 Å². The Balaban J connectivity index is 0.00000102. The van der Waals surface area contributed by atoms with E-state index in [1.807, 2.05) is 19.9 Å². The minimum absolute atomic E-state index is 0.292. The molecule has 3 aromatic heterocycles. The minimum atomic E-state index is -4.51. The van der Waals surface area contributed by atoms with Gasteiger partial charge in [-0.15, -0.1) is 0 Å². The lowest BCUT2D eigenvalue weighted by Gasteiger charge is -2.12. The molecule has 1 fully saturated rings. The third-order valence-electron chi connectivity index (χ3n) is 4.08. The number of rotatable bonds is 3. The lowest BCUT2D eigenvalue weighted by molar-refractivity contribution is -0.141. The van der Waals surface area contributed by atoms with Gasteiger partial charge in [0, 0.05) is 12.6 Å². The number of nitrogens with zero attached hydrogens (tertiary/aromatic N) is 4. The van der Waals surface area contributed by atoms with Crippen LogP contribution in [0, 0.1) is 0 Å². The molecule has 1 aliphatic heterocycles. The molecule has 0 spiro atoms. The molecule has 0 radical (unpaired) electrons. The van der Waals surface area contributed by atoms with Crippen molar-refractivity contribution in [3.05, 3.63) is 42.2 Å². The third kappa shape index (κ3) is 4.19. The number of aromatic nitrogens is 4. The molecule has 0 amide bonds. The van der Waals surface area contributed by atoms with E-state index in [1.54, 1.807) is 12.1 Å². The average molecular weight is 378 g/mol. The zero-order chi connectivity index (χ0) is 19.4. The molecule has 4 rings (SSSR count). The quantitative estimate of drug-likeness (QED) is 0.729. The smallest absolute Gasteiger partial charge is 0.366 e. The van der Waals surface area contributed by atoms with E-state index >= 15 is 0 Å². The van der Waals surface area contributed by atoms with Gasteiger partial charge in [-0.1, -0.05) is 19.9 Å². The van der Waals surface area contributed by atoms with Crippen LogP contribution in [0.4, 0.5) is 19.0 Å². The predicted molar refractivity (Wildman–Crippen MR) is 97.5 cm³/mol. The Morgan fingerprint density at radius 1 is 1.19 bits per heavy atom. The van der Waals surface area contributed by atoms with Crippen LogP contribution < -0.4 is 10.6 Å². The largest absolute Gasteiger partial charge is 0.435 e. The summed E-state index contributed by atoms with van der Waals surface area (Å²) in [6, 6.07) is 7.87. The Kier molecular flexibility index (Phi) is 5.59. The summed E-state index contributed by atoms with van der Waals surface area (Å²) < 4.78 is 39.9. The Morgan fingerprint density at radius 2 is 2.00 bits per heavy atom. The highest BCUT2D eigenvalue weighted by atomic mass is 19.4. The second kappa shape index (κ2) is 7.91. The number of nitrogens with one attached hydrogen (secondary N) is 2. The van der Waals surface area contributed by atoms with Gasteiger partial charge in [-0.3, -0.25) is 0 Å². The third-order valence-corrected chi connectivity index (χ3v) is 4.08. The second-order valence-electron chi connectivity index (χ2n) is 5.87. The molecule has 9 heteroatoms. The lowest BCUT2D eigenvalue weighted by Crippen LogP contribution is -2.22. The summed E-state index contributed by atoms with van der Waals surface area (Å²) in [5.74, 6) is 0.674. The number of anilines is 1. The summed E-state index contributed by atoms with van der Waals surface area (Å²) in [5, 5.41) is 10.3. The van der Waals surface area contributed by atoms with Crippen molar-refractivity contribution < 1.29 is 13.2 Å². The Morgan fingerprint density at radius 3 is 2.70 bits per heavy atom. The Bertz CT molecular complexity index is 899. The molecule has 1 unspecified atom stereocenters. The molecule has 1 aliphatic rings. The summed E-state index contributed by atoms with van der Waals surface area (Å²) >= 11 is 0. The molecule has 0 aromatic carbocycles. The van der Waals surface area contributed by atoms with E-state index in [9.17, 15) is 13.2 Å². The SMILES string of the molecule is CC.FC(F)(F)c1ccc2ncc(-c3cccc(NC4CCNC4)n3)n2n1. The first kappa shape index (κ1) is 19.1. The molecule has 27 heavy (non-hydrogen) atoms. The molecule has 3 aromatic rings. The summed E-state index contributed by atoms with van der Waals surface area (Å²) in [6.07, 6.45) is -2.04. The molecule has 0 saturated carbocycles. The van der Waals surface area contributed by atoms with Crippen LogP contribution in [0.3, 0.4) is 0 Å². The molecular formula is C18H21F3N6. The molecular weight excluding hydrogens is 357 g/mol. The maximum absolute atomic E-state index is 12.9. The van der Waals surface area contributed by atoms with Crippen LogP contribution in [-0.4, -0.2) is 38.7 Å². The fourth-order valence-corrected chi connectivity index (χ4v) is 2.84. The van der Waals surface area contributed by atoms with Crippen LogP contribution in [0.25, 0.3) is 17.0 Å². The lowest BCUT2D eigenvalue weighted by atomic mass is 10.2. The standard InChI is InChI=1S/C16H15F3N6.C2H6/c17-16(18,19)13-4-5-15-21-9-12(25(15)24-13)11-2-1-3-14(23-11)22-10-6-7-20-8-10;1-2/h1-5,9-10,20H,6-8H2,(H,22,23);1-2H3. The molecule has 144 valence electrons. The van der Waals surface area contributed by atoms with Crippen LogP contribution in [0.1, 0.15) is 26.0 Å². The van der Waals surface area contributed by atoms with E-state index < -0.39 is 11.9 Å². The topological polar surface area (TPSA) is 67.1 Å². The van der Waals surface area contributed by atoms with Crippen LogP contribution in [0.2, 0.25) is 0 Å². The van der Waals surface area contributed by atoms with Crippen LogP contribution in [0.15, 0.2) is 36.5 Å². The first-order valence-corrected chi connectivity index (χ1v) is 8.87. The monoisotopic (exact) mass is 378 g/mol. The van der Waals surface area contributed by atoms with Crippen molar-refractivity contribution in [3.8, 4) is 11.4 Å². The van der Waals surface area contributed by atoms with Gasteiger partial charge in [0.25, 0.3) is 0 Å². The van der Waals surface area contributed by atoms with Crippen molar-refractivity contribution in [1.29, 1.82) is 0 Å². The summed E-state index contributed by atoms with van der Waals surface area (Å²) in [6.45, 7) is 5.81. The minimum Gasteiger partial charge on any atom is -0.366 e. The zero-order valence-electron chi connectivity index (χ0n) is 15.1. The van der Waals surface area contributed by atoms with Crippen molar-refractivity contribution in [2.75, 3.05) is 18.4 Å².